The highest BCUT2D eigenvalue weighted by molar-refractivity contribution is 6.29. The van der Waals surface area contributed by atoms with Crippen molar-refractivity contribution in [3.8, 4) is 5.88 Å². The third-order valence-electron chi connectivity index (χ3n) is 4.30. The number of anilines is 2. The number of aromatic nitrogens is 4. The van der Waals surface area contributed by atoms with E-state index in [-0.39, 0.29) is 0 Å². The van der Waals surface area contributed by atoms with Crippen LogP contribution in [0.5, 0.6) is 5.88 Å². The quantitative estimate of drug-likeness (QED) is 0.759. The van der Waals surface area contributed by atoms with Gasteiger partial charge in [-0.15, -0.1) is 0 Å². The molecule has 0 aromatic carbocycles. The van der Waals surface area contributed by atoms with Crippen LogP contribution in [0.1, 0.15) is 32.6 Å². The molecule has 0 N–H and O–H groups in total. The molecule has 2 saturated heterocycles. The van der Waals surface area contributed by atoms with Crippen LogP contribution >= 0.6 is 11.6 Å². The monoisotopic (exact) mass is 376 g/mol. The maximum absolute atomic E-state index is 5.75. The summed E-state index contributed by atoms with van der Waals surface area (Å²) in [4.78, 5) is 21.2. The normalized spacial score (nSPS) is 16.4. The Kier molecular flexibility index (Phi) is 6.82. The van der Waals surface area contributed by atoms with E-state index in [0.717, 1.165) is 38.1 Å². The minimum Gasteiger partial charge on any atom is -0.478 e. The van der Waals surface area contributed by atoms with Crippen LogP contribution in [0.25, 0.3) is 0 Å². The highest BCUT2D eigenvalue weighted by atomic mass is 35.5. The standard InChI is InChI=1S/C10H15N3O.C8H10ClN3/c1-2-14-9-5-6-11-10(12-9)13-7-3-4-8-13;9-7-3-4-10-8(11-7)12-5-1-2-6-12/h5-6H,2-4,7-8H2,1H3;3-4H,1-2,5-6H2. The van der Waals surface area contributed by atoms with E-state index in [1.54, 1.807) is 24.5 Å². The van der Waals surface area contributed by atoms with Gasteiger partial charge in [0.15, 0.2) is 0 Å². The van der Waals surface area contributed by atoms with Gasteiger partial charge in [-0.2, -0.15) is 4.98 Å². The van der Waals surface area contributed by atoms with Gasteiger partial charge in [0.1, 0.15) is 5.15 Å². The molecule has 0 amide bonds. The van der Waals surface area contributed by atoms with Crippen LogP contribution in [-0.4, -0.2) is 52.7 Å². The van der Waals surface area contributed by atoms with Crippen molar-refractivity contribution in [3.05, 3.63) is 29.7 Å². The summed E-state index contributed by atoms with van der Waals surface area (Å²) in [6.07, 6.45) is 8.39. The second-order valence-corrected chi connectivity index (χ2v) is 6.58. The predicted molar refractivity (Wildman–Crippen MR) is 103 cm³/mol. The first-order valence-electron chi connectivity index (χ1n) is 9.20. The first-order valence-corrected chi connectivity index (χ1v) is 9.58. The molecule has 26 heavy (non-hydrogen) atoms. The summed E-state index contributed by atoms with van der Waals surface area (Å²) in [6, 6.07) is 3.49. The average molecular weight is 377 g/mol. The van der Waals surface area contributed by atoms with Gasteiger partial charge in [-0.1, -0.05) is 11.6 Å². The number of hydrogen-bond acceptors (Lipinski definition) is 7. The summed E-state index contributed by atoms with van der Waals surface area (Å²) >= 11 is 5.75. The SMILES string of the molecule is CCOc1ccnc(N2CCCC2)n1.Clc1ccnc(N2CCCC2)n1. The largest absolute Gasteiger partial charge is 0.478 e. The van der Waals surface area contributed by atoms with E-state index in [1.165, 1.54) is 25.7 Å². The maximum atomic E-state index is 5.75. The van der Waals surface area contributed by atoms with Crippen molar-refractivity contribution in [2.45, 2.75) is 32.6 Å². The van der Waals surface area contributed by atoms with Crippen molar-refractivity contribution < 1.29 is 4.74 Å². The van der Waals surface area contributed by atoms with Gasteiger partial charge in [-0.25, -0.2) is 15.0 Å². The summed E-state index contributed by atoms with van der Waals surface area (Å²) < 4.78 is 5.33. The first-order chi connectivity index (χ1) is 12.8. The maximum Gasteiger partial charge on any atom is 0.228 e. The lowest BCUT2D eigenvalue weighted by atomic mass is 10.4. The lowest BCUT2D eigenvalue weighted by molar-refractivity contribution is 0.326. The number of ether oxygens (including phenoxy) is 1. The summed E-state index contributed by atoms with van der Waals surface area (Å²) in [6.45, 7) is 6.85. The van der Waals surface area contributed by atoms with Crippen molar-refractivity contribution >= 4 is 23.5 Å². The van der Waals surface area contributed by atoms with Gasteiger partial charge in [0, 0.05) is 44.6 Å². The molecule has 4 heterocycles. The molecule has 0 aliphatic carbocycles. The van der Waals surface area contributed by atoms with E-state index in [1.807, 2.05) is 6.92 Å². The molecular formula is C18H25ClN6O. The van der Waals surface area contributed by atoms with Gasteiger partial charge in [-0.3, -0.25) is 0 Å². The molecule has 2 fully saturated rings. The van der Waals surface area contributed by atoms with Crippen LogP contribution < -0.4 is 14.5 Å². The summed E-state index contributed by atoms with van der Waals surface area (Å²) in [5.74, 6) is 2.23. The Morgan fingerprint density at radius 1 is 0.885 bits per heavy atom. The summed E-state index contributed by atoms with van der Waals surface area (Å²) in [5.41, 5.74) is 0. The Morgan fingerprint density at radius 2 is 1.42 bits per heavy atom. The molecule has 0 saturated carbocycles. The molecule has 0 unspecified atom stereocenters. The highest BCUT2D eigenvalue weighted by Gasteiger charge is 2.15. The van der Waals surface area contributed by atoms with E-state index in [4.69, 9.17) is 16.3 Å². The zero-order chi connectivity index (χ0) is 18.2. The Hall–Kier alpha value is -2.15. The van der Waals surface area contributed by atoms with E-state index in [2.05, 4.69) is 29.7 Å². The minimum absolute atomic E-state index is 0.520. The van der Waals surface area contributed by atoms with Crippen molar-refractivity contribution in [1.82, 2.24) is 19.9 Å². The van der Waals surface area contributed by atoms with E-state index >= 15 is 0 Å². The zero-order valence-corrected chi connectivity index (χ0v) is 15.9. The average Bonchev–Trinajstić information content (AvgIpc) is 3.37. The Labute approximate surface area is 159 Å². The van der Waals surface area contributed by atoms with Gasteiger partial charge in [-0.05, 0) is 38.7 Å². The molecule has 140 valence electrons. The number of rotatable bonds is 4. The number of halogens is 1. The van der Waals surface area contributed by atoms with Crippen molar-refractivity contribution in [2.24, 2.45) is 0 Å². The van der Waals surface area contributed by atoms with Gasteiger partial charge in [0.2, 0.25) is 17.8 Å². The van der Waals surface area contributed by atoms with Crippen LogP contribution in [-0.2, 0) is 0 Å². The van der Waals surface area contributed by atoms with Gasteiger partial charge < -0.3 is 14.5 Å². The Bertz CT molecular complexity index is 689. The molecule has 0 radical (unpaired) electrons. The van der Waals surface area contributed by atoms with E-state index in [0.29, 0.717) is 17.6 Å². The van der Waals surface area contributed by atoms with Crippen molar-refractivity contribution in [3.63, 3.8) is 0 Å². The molecule has 7 nitrogen and oxygen atoms in total. The van der Waals surface area contributed by atoms with Crippen LogP contribution in [0.4, 0.5) is 11.9 Å². The van der Waals surface area contributed by atoms with E-state index < -0.39 is 0 Å². The molecule has 2 aromatic heterocycles. The second kappa shape index (κ2) is 9.52. The number of nitrogens with zero attached hydrogens (tertiary/aromatic N) is 6. The first kappa shape index (κ1) is 18.6. The smallest absolute Gasteiger partial charge is 0.228 e. The van der Waals surface area contributed by atoms with Gasteiger partial charge in [0.05, 0.1) is 6.61 Å². The molecule has 4 rings (SSSR count). The lowest BCUT2D eigenvalue weighted by Crippen LogP contribution is -2.20. The van der Waals surface area contributed by atoms with Crippen molar-refractivity contribution in [2.75, 3.05) is 42.6 Å². The molecule has 8 heteroatoms. The number of hydrogen-bond donors (Lipinski definition) is 0. The molecule has 0 spiro atoms. The fraction of sp³-hybridized carbons (Fsp3) is 0.556. The molecule has 2 aromatic rings. The fourth-order valence-electron chi connectivity index (χ4n) is 3.03. The third kappa shape index (κ3) is 5.17. The highest BCUT2D eigenvalue weighted by Crippen LogP contribution is 2.18. The molecular weight excluding hydrogens is 352 g/mol. The second-order valence-electron chi connectivity index (χ2n) is 6.20. The van der Waals surface area contributed by atoms with E-state index in [9.17, 15) is 0 Å². The fourth-order valence-corrected chi connectivity index (χ4v) is 3.16. The van der Waals surface area contributed by atoms with Gasteiger partial charge >= 0.3 is 0 Å². The minimum atomic E-state index is 0.520. The van der Waals surface area contributed by atoms with Crippen LogP contribution in [0.3, 0.4) is 0 Å². The van der Waals surface area contributed by atoms with Crippen LogP contribution in [0.2, 0.25) is 5.15 Å². The van der Waals surface area contributed by atoms with Crippen LogP contribution in [0.15, 0.2) is 24.5 Å². The van der Waals surface area contributed by atoms with Crippen LogP contribution in [0, 0.1) is 0 Å². The topological polar surface area (TPSA) is 67.3 Å². The summed E-state index contributed by atoms with van der Waals surface area (Å²) in [5, 5.41) is 0.520. The molecule has 2 aliphatic heterocycles. The van der Waals surface area contributed by atoms with Gasteiger partial charge in [0.25, 0.3) is 0 Å². The predicted octanol–water partition coefficient (Wildman–Crippen LogP) is 3.21. The Morgan fingerprint density at radius 3 is 1.96 bits per heavy atom. The zero-order valence-electron chi connectivity index (χ0n) is 15.1. The third-order valence-corrected chi connectivity index (χ3v) is 4.51. The van der Waals surface area contributed by atoms with Crippen molar-refractivity contribution in [1.29, 1.82) is 0 Å². The lowest BCUT2D eigenvalue weighted by Gasteiger charge is -2.14. The molecule has 0 atom stereocenters. The summed E-state index contributed by atoms with van der Waals surface area (Å²) in [7, 11) is 0. The molecule has 0 bridgehead atoms. The Balaban J connectivity index is 0.000000152. The molecule has 2 aliphatic rings.